The quantitative estimate of drug-likeness (QED) is 0.0269. The molecule has 30 atom stereocenters. The van der Waals surface area contributed by atoms with Gasteiger partial charge in [-0.25, -0.2) is 14.4 Å². The minimum atomic E-state index is -1.80. The van der Waals surface area contributed by atoms with Gasteiger partial charge >= 0.3 is 17.9 Å². The second-order valence-electron chi connectivity index (χ2n) is 29.0. The largest absolute Gasteiger partial charge is 0.479 e. The van der Waals surface area contributed by atoms with Crippen LogP contribution in [0.2, 0.25) is 0 Å². The Morgan fingerprint density at radius 1 is 0.283 bits per heavy atom. The van der Waals surface area contributed by atoms with Gasteiger partial charge in [0.15, 0.2) is 56.1 Å². The van der Waals surface area contributed by atoms with Crippen LogP contribution in [0.3, 0.4) is 0 Å². The highest BCUT2D eigenvalue weighted by Gasteiger charge is 2.54. The lowest BCUT2D eigenvalue weighted by Crippen LogP contribution is -2.62. The maximum Gasteiger partial charge on any atom is 0.335 e. The van der Waals surface area contributed by atoms with Gasteiger partial charge in [0.2, 0.25) is 17.7 Å². The molecule has 6 aliphatic heterocycles. The van der Waals surface area contributed by atoms with E-state index in [0.717, 1.165) is 21.3 Å². The van der Waals surface area contributed by atoms with Gasteiger partial charge in [0.1, 0.15) is 128 Å². The van der Waals surface area contributed by atoms with Gasteiger partial charge in [-0.1, -0.05) is 19.3 Å². The van der Waals surface area contributed by atoms with Crippen molar-refractivity contribution in [1.82, 2.24) is 31.9 Å². The van der Waals surface area contributed by atoms with Crippen LogP contribution < -0.4 is 31.9 Å². The molecule has 6 amide bonds. The molecule has 0 aliphatic carbocycles. The van der Waals surface area contributed by atoms with Crippen molar-refractivity contribution in [2.24, 2.45) is 0 Å². The molecule has 0 unspecified atom stereocenters. The zero-order chi connectivity index (χ0) is 88.2. The smallest absolute Gasteiger partial charge is 0.335 e. The molecule has 0 spiro atoms. The molecule has 6 fully saturated rings. The summed E-state index contributed by atoms with van der Waals surface area (Å²) in [5.41, 5.74) is -0.473. The van der Waals surface area contributed by atoms with Crippen molar-refractivity contribution in [3.8, 4) is 0 Å². The SMILES string of the molecule is CO[C@H]1[C@H](O)[C@@H](O)[C@H](OC[C@H]2O[C@@H](OCCCCCC(=O)NCCNC(=O)c3cc(C(=O)NCCNC(=O)CCCCCO[C@@H]4O[C@H](CO[C@@H]5O[C@H](C(=O)O)[C@@H](OC)[C@H](O)[C@H]5O)[C@H](O)[C@H](O)[C@H]4O)cc(C(=O)NCCNC(=O)CCCCCO[C@@H]4O[C@H](CO[C@@H]5O[C@H](C(=O)O)[C@@H](OC)[C@H](O)[C@H]5O)[C@H](O)[C@H](O)[C@H]4O)c3)[C@H](O)[C@@H](O)[C@H]2O)O[C@@H]1C(=O)O. The summed E-state index contributed by atoms with van der Waals surface area (Å²) in [4.78, 5) is 115. The van der Waals surface area contributed by atoms with E-state index in [1.165, 1.54) is 18.2 Å². The molecule has 684 valence electrons. The Morgan fingerprint density at radius 3 is 0.742 bits per heavy atom. The van der Waals surface area contributed by atoms with E-state index in [1.54, 1.807) is 0 Å². The molecule has 6 saturated heterocycles. The van der Waals surface area contributed by atoms with Crippen molar-refractivity contribution in [1.29, 1.82) is 0 Å². The van der Waals surface area contributed by atoms with E-state index < -0.39 is 257 Å². The molecule has 24 N–H and O–H groups in total. The third-order valence-electron chi connectivity index (χ3n) is 20.4. The van der Waals surface area contributed by atoms with Gasteiger partial charge in [-0.2, -0.15) is 0 Å². The van der Waals surface area contributed by atoms with Crippen LogP contribution in [0.15, 0.2) is 18.2 Å². The Bertz CT molecular complexity index is 3050. The van der Waals surface area contributed by atoms with Crippen LogP contribution in [0.5, 0.6) is 0 Å². The first kappa shape index (κ1) is 100. The van der Waals surface area contributed by atoms with E-state index in [-0.39, 0.29) is 95.0 Å². The highest BCUT2D eigenvalue weighted by Crippen LogP contribution is 2.32. The molecule has 1 aromatic rings. The van der Waals surface area contributed by atoms with Crippen LogP contribution in [-0.2, 0) is 99.8 Å². The summed E-state index contributed by atoms with van der Waals surface area (Å²) in [6.07, 6.45) is -46.7. The summed E-state index contributed by atoms with van der Waals surface area (Å²) in [6.45, 7) is -2.67. The summed E-state index contributed by atoms with van der Waals surface area (Å²) in [6, 6.07) is 3.61. The number of carboxylic acid groups (broad SMARTS) is 3. The maximum absolute atomic E-state index is 13.7. The lowest BCUT2D eigenvalue weighted by atomic mass is 9.98. The molecule has 0 radical (unpaired) electrons. The number of aliphatic hydroxyl groups excluding tert-OH is 15. The first-order chi connectivity index (χ1) is 57.1. The average Bonchev–Trinajstić information content (AvgIpc) is 0.792. The van der Waals surface area contributed by atoms with E-state index >= 15 is 0 Å². The maximum atomic E-state index is 13.7. The van der Waals surface area contributed by atoms with Crippen LogP contribution in [0.1, 0.15) is 108 Å². The number of ether oxygens (including phenoxy) is 15. The summed E-state index contributed by atoms with van der Waals surface area (Å²) in [5.74, 6) is -8.08. The van der Waals surface area contributed by atoms with Crippen molar-refractivity contribution in [3.63, 3.8) is 0 Å². The van der Waals surface area contributed by atoms with Crippen LogP contribution in [-0.4, -0.2) is 430 Å². The van der Waals surface area contributed by atoms with E-state index in [1.807, 2.05) is 0 Å². The number of hydrogen-bond donors (Lipinski definition) is 24. The van der Waals surface area contributed by atoms with Crippen LogP contribution >= 0.6 is 0 Å². The fourth-order valence-corrected chi connectivity index (χ4v) is 13.5. The number of carbonyl (C=O) groups excluding carboxylic acids is 6. The topological polar surface area (TPSA) is 728 Å². The number of carbonyl (C=O) groups is 9. The summed E-state index contributed by atoms with van der Waals surface area (Å²) in [5, 5.41) is 202. The molecular formula is C72H114N6O42. The van der Waals surface area contributed by atoms with Gasteiger partial charge in [-0.05, 0) is 56.7 Å². The molecular weight excluding hydrogens is 1620 g/mol. The Hall–Kier alpha value is -6.75. The number of nitrogens with one attached hydrogen (secondary N) is 6. The van der Waals surface area contributed by atoms with Gasteiger partial charge in [0, 0.05) is 116 Å². The number of unbranched alkanes of at least 4 members (excludes halogenated alkanes) is 6. The molecule has 6 heterocycles. The number of aliphatic hydroxyl groups is 15. The first-order valence-electron chi connectivity index (χ1n) is 39.0. The number of aliphatic carboxylic acids is 3. The third kappa shape index (κ3) is 28.4. The third-order valence-corrected chi connectivity index (χ3v) is 20.4. The number of methoxy groups -OCH3 is 3. The molecule has 48 nitrogen and oxygen atoms in total. The fraction of sp³-hybridized carbons (Fsp3) is 0.792. The Kier molecular flexibility index (Phi) is 41.5. The van der Waals surface area contributed by atoms with Crippen molar-refractivity contribution >= 4 is 53.4 Å². The minimum absolute atomic E-state index is 0.0215. The van der Waals surface area contributed by atoms with Gasteiger partial charge in [-0.3, -0.25) is 28.8 Å². The van der Waals surface area contributed by atoms with Gasteiger partial charge in [-0.15, -0.1) is 0 Å². The molecule has 0 aromatic heterocycles. The van der Waals surface area contributed by atoms with Crippen molar-refractivity contribution in [2.75, 3.05) is 100 Å². The molecule has 0 bridgehead atoms. The molecule has 6 aliphatic rings. The predicted molar refractivity (Wildman–Crippen MR) is 391 cm³/mol. The number of rotatable bonds is 48. The van der Waals surface area contributed by atoms with Gasteiger partial charge < -0.3 is 195 Å². The molecule has 1 aromatic carbocycles. The number of benzene rings is 1. The average molecular weight is 1740 g/mol. The number of carboxylic acids is 3. The lowest BCUT2D eigenvalue weighted by molar-refractivity contribution is -0.328. The molecule has 120 heavy (non-hydrogen) atoms. The fourth-order valence-electron chi connectivity index (χ4n) is 13.5. The van der Waals surface area contributed by atoms with Crippen LogP contribution in [0.4, 0.5) is 0 Å². The van der Waals surface area contributed by atoms with Gasteiger partial charge in [0.05, 0.1) is 19.8 Å². The second kappa shape index (κ2) is 49.7. The van der Waals surface area contributed by atoms with Crippen molar-refractivity contribution in [2.45, 2.75) is 261 Å². The molecule has 7 rings (SSSR count). The van der Waals surface area contributed by atoms with Crippen molar-refractivity contribution < 1.29 is 206 Å². The van der Waals surface area contributed by atoms with Crippen LogP contribution in [0, 0.1) is 0 Å². The Labute approximate surface area is 685 Å². The molecule has 48 heteroatoms. The van der Waals surface area contributed by atoms with E-state index in [4.69, 9.17) is 71.1 Å². The van der Waals surface area contributed by atoms with E-state index in [9.17, 15) is 135 Å². The monoisotopic (exact) mass is 1730 g/mol. The second-order valence-corrected chi connectivity index (χ2v) is 29.0. The Morgan fingerprint density at radius 2 is 0.508 bits per heavy atom. The standard InChI is InChI=1S/C72H114N6O42/c1-106-55-46(88)52(94)70(118-58(55)64(100)101)112-28-34-40(82)43(85)49(91)67(115-34)109-22-10-4-7-13-37(79)73-16-19-76-61(97)31-25-32(62(98)77-20-17-74-38(80)14-8-5-11-23-110-68-50(92)44(86)41(83)35(116-68)29-113-71-53(95)47(89)56(107-2)59(119-71)65(102)103)27-33(26-31)63(99)78-21-18-75-39(81)15-9-6-12-24-111-69-51(93)45(87)42(84)36(117-69)30-114-72-54(96)48(90)57(108-3)60(120-72)66(104)105/h25-27,34-36,40-60,67-72,82-96H,4-24,28-30H2,1-3H3,(H,73,79)(H,74,80)(H,75,81)(H,76,97)(H,77,98)(H,78,99)(H,100,101)(H,102,103)(H,104,105)/t34-,35-,36-,40+,41+,42+,43+,44+,45+,46-,47-,48-,49-,50-,51-,52-,53-,54-,55+,56+,57+,58+,59+,60+,67-,68-,69-,70-,71-,72-/m1/s1. The highest BCUT2D eigenvalue weighted by atomic mass is 16.8. The normalized spacial score (nSPS) is 34.5. The Balaban J connectivity index is 0.826. The summed E-state index contributed by atoms with van der Waals surface area (Å²) < 4.78 is 80.7. The predicted octanol–water partition coefficient (Wildman–Crippen LogP) is -10.9. The van der Waals surface area contributed by atoms with Gasteiger partial charge in [0.25, 0.3) is 17.7 Å². The number of amides is 6. The zero-order valence-corrected chi connectivity index (χ0v) is 65.9. The van der Waals surface area contributed by atoms with Crippen molar-refractivity contribution in [3.05, 3.63) is 34.9 Å². The summed E-state index contributed by atoms with van der Waals surface area (Å²) >= 11 is 0. The van der Waals surface area contributed by atoms with E-state index in [2.05, 4.69) is 31.9 Å². The minimum Gasteiger partial charge on any atom is -0.479 e. The van der Waals surface area contributed by atoms with Crippen LogP contribution in [0.25, 0.3) is 0 Å². The highest BCUT2D eigenvalue weighted by molar-refractivity contribution is 6.04. The molecule has 0 saturated carbocycles. The zero-order valence-electron chi connectivity index (χ0n) is 65.9. The van der Waals surface area contributed by atoms with E-state index in [0.29, 0.717) is 57.8 Å². The number of hydrogen-bond acceptors (Lipinski definition) is 39. The first-order valence-corrected chi connectivity index (χ1v) is 39.0. The summed E-state index contributed by atoms with van der Waals surface area (Å²) in [7, 11) is 3.31. The lowest BCUT2D eigenvalue weighted by Gasteiger charge is -2.42.